The van der Waals surface area contributed by atoms with E-state index >= 15 is 0 Å². The van der Waals surface area contributed by atoms with Crippen molar-refractivity contribution in [2.75, 3.05) is 7.11 Å². The third-order valence-corrected chi connectivity index (χ3v) is 2.88. The minimum atomic E-state index is -0.228. The molecule has 1 aromatic heterocycles. The van der Waals surface area contributed by atoms with E-state index in [1.807, 2.05) is 0 Å². The van der Waals surface area contributed by atoms with Gasteiger partial charge in [0.2, 0.25) is 0 Å². The lowest BCUT2D eigenvalue weighted by Gasteiger charge is -2.07. The number of halogens is 1. The van der Waals surface area contributed by atoms with Crippen LogP contribution in [0.5, 0.6) is 0 Å². The highest BCUT2D eigenvalue weighted by Gasteiger charge is 2.31. The molecule has 0 spiro atoms. The van der Waals surface area contributed by atoms with Crippen molar-refractivity contribution in [3.8, 4) is 0 Å². The Labute approximate surface area is 87.0 Å². The minimum Gasteiger partial charge on any atom is -0.469 e. The number of hydrogen-bond acceptors (Lipinski definition) is 3. The monoisotopic (exact) mass is 211 g/mol. The van der Waals surface area contributed by atoms with Crippen molar-refractivity contribution in [1.82, 2.24) is 4.98 Å². The first-order chi connectivity index (χ1) is 6.74. The summed E-state index contributed by atoms with van der Waals surface area (Å²) in [7, 11) is 1.39. The van der Waals surface area contributed by atoms with Crippen LogP contribution in [0.4, 0.5) is 0 Å². The Balaban J connectivity index is 2.40. The SMILES string of the molecule is COC(=O)C1CCc2c(Cl)ccnc21. The van der Waals surface area contributed by atoms with Gasteiger partial charge in [-0.1, -0.05) is 11.6 Å². The highest BCUT2D eigenvalue weighted by Crippen LogP contribution is 2.35. The lowest BCUT2D eigenvalue weighted by Crippen LogP contribution is -2.12. The fourth-order valence-electron chi connectivity index (χ4n) is 1.83. The summed E-state index contributed by atoms with van der Waals surface area (Å²) in [6.07, 6.45) is 3.18. The van der Waals surface area contributed by atoms with Crippen molar-refractivity contribution in [2.45, 2.75) is 18.8 Å². The second-order valence-corrected chi connectivity index (χ2v) is 3.68. The van der Waals surface area contributed by atoms with Crippen LogP contribution in [-0.2, 0) is 16.0 Å². The van der Waals surface area contributed by atoms with Crippen molar-refractivity contribution in [3.63, 3.8) is 0 Å². The number of carbonyl (C=O) groups is 1. The molecule has 74 valence electrons. The van der Waals surface area contributed by atoms with E-state index in [4.69, 9.17) is 16.3 Å². The van der Waals surface area contributed by atoms with Crippen LogP contribution in [0.1, 0.15) is 23.6 Å². The lowest BCUT2D eigenvalue weighted by molar-refractivity contribution is -0.142. The van der Waals surface area contributed by atoms with Crippen LogP contribution < -0.4 is 0 Å². The summed E-state index contributed by atoms with van der Waals surface area (Å²) in [4.78, 5) is 15.6. The second kappa shape index (κ2) is 3.58. The molecule has 1 aliphatic rings. The molecule has 0 saturated heterocycles. The number of carbonyl (C=O) groups excluding carboxylic acids is 1. The number of nitrogens with zero attached hydrogens (tertiary/aromatic N) is 1. The number of rotatable bonds is 1. The molecular weight excluding hydrogens is 202 g/mol. The maximum absolute atomic E-state index is 11.4. The molecule has 1 heterocycles. The Morgan fingerprint density at radius 3 is 3.21 bits per heavy atom. The van der Waals surface area contributed by atoms with E-state index in [0.29, 0.717) is 5.02 Å². The summed E-state index contributed by atoms with van der Waals surface area (Å²) >= 11 is 5.99. The molecule has 4 heteroatoms. The predicted molar refractivity (Wildman–Crippen MR) is 52.3 cm³/mol. The van der Waals surface area contributed by atoms with Crippen molar-refractivity contribution >= 4 is 17.6 Å². The highest BCUT2D eigenvalue weighted by atomic mass is 35.5. The molecule has 0 aromatic carbocycles. The molecule has 1 unspecified atom stereocenters. The average Bonchev–Trinajstić information content (AvgIpc) is 2.62. The van der Waals surface area contributed by atoms with Gasteiger partial charge in [-0.3, -0.25) is 9.78 Å². The molecule has 3 nitrogen and oxygen atoms in total. The Hall–Kier alpha value is -1.09. The quantitative estimate of drug-likeness (QED) is 0.667. The zero-order valence-corrected chi connectivity index (χ0v) is 8.54. The second-order valence-electron chi connectivity index (χ2n) is 3.27. The third kappa shape index (κ3) is 1.38. The van der Waals surface area contributed by atoms with E-state index in [9.17, 15) is 4.79 Å². The Kier molecular flexibility index (Phi) is 2.42. The fraction of sp³-hybridized carbons (Fsp3) is 0.400. The first-order valence-electron chi connectivity index (χ1n) is 4.45. The molecule has 0 aliphatic heterocycles. The zero-order chi connectivity index (χ0) is 10.1. The summed E-state index contributed by atoms with van der Waals surface area (Å²) < 4.78 is 4.71. The summed E-state index contributed by atoms with van der Waals surface area (Å²) in [6.45, 7) is 0. The smallest absolute Gasteiger partial charge is 0.314 e. The highest BCUT2D eigenvalue weighted by molar-refractivity contribution is 6.31. The fourth-order valence-corrected chi connectivity index (χ4v) is 2.08. The van der Waals surface area contributed by atoms with Gasteiger partial charge in [-0.25, -0.2) is 0 Å². The van der Waals surface area contributed by atoms with Gasteiger partial charge >= 0.3 is 5.97 Å². The molecule has 0 radical (unpaired) electrons. The Morgan fingerprint density at radius 1 is 1.71 bits per heavy atom. The van der Waals surface area contributed by atoms with Gasteiger partial charge in [0.05, 0.1) is 18.7 Å². The Morgan fingerprint density at radius 2 is 2.50 bits per heavy atom. The van der Waals surface area contributed by atoms with Crippen LogP contribution >= 0.6 is 11.6 Å². The van der Waals surface area contributed by atoms with Crippen molar-refractivity contribution in [1.29, 1.82) is 0 Å². The maximum atomic E-state index is 11.4. The number of aromatic nitrogens is 1. The van der Waals surface area contributed by atoms with E-state index in [1.165, 1.54) is 7.11 Å². The summed E-state index contributed by atoms with van der Waals surface area (Å²) in [5, 5.41) is 0.696. The molecular formula is C10H10ClNO2. The number of esters is 1. The lowest BCUT2D eigenvalue weighted by atomic mass is 10.1. The van der Waals surface area contributed by atoms with Gasteiger partial charge in [0.15, 0.2) is 0 Å². The summed E-state index contributed by atoms with van der Waals surface area (Å²) in [6, 6.07) is 1.75. The molecule has 1 atom stereocenters. The van der Waals surface area contributed by atoms with Crippen molar-refractivity contribution < 1.29 is 9.53 Å². The van der Waals surface area contributed by atoms with Gasteiger partial charge in [-0.05, 0) is 24.5 Å². The van der Waals surface area contributed by atoms with E-state index in [-0.39, 0.29) is 11.9 Å². The molecule has 0 bridgehead atoms. The number of hydrogen-bond donors (Lipinski definition) is 0. The van der Waals surface area contributed by atoms with Crippen LogP contribution in [0.15, 0.2) is 12.3 Å². The van der Waals surface area contributed by atoms with Crippen LogP contribution in [0.3, 0.4) is 0 Å². The first-order valence-corrected chi connectivity index (χ1v) is 4.83. The summed E-state index contributed by atoms with van der Waals surface area (Å²) in [5.74, 6) is -0.452. The van der Waals surface area contributed by atoms with E-state index < -0.39 is 0 Å². The molecule has 0 fully saturated rings. The van der Waals surface area contributed by atoms with Gasteiger partial charge in [0.25, 0.3) is 0 Å². The van der Waals surface area contributed by atoms with Gasteiger partial charge in [0.1, 0.15) is 0 Å². The van der Waals surface area contributed by atoms with Gasteiger partial charge < -0.3 is 4.74 Å². The average molecular weight is 212 g/mol. The van der Waals surface area contributed by atoms with Gasteiger partial charge in [-0.2, -0.15) is 0 Å². The number of methoxy groups -OCH3 is 1. The van der Waals surface area contributed by atoms with E-state index in [2.05, 4.69) is 4.98 Å². The number of fused-ring (bicyclic) bond motifs is 1. The van der Waals surface area contributed by atoms with E-state index in [1.54, 1.807) is 12.3 Å². The van der Waals surface area contributed by atoms with Crippen LogP contribution in [-0.4, -0.2) is 18.1 Å². The summed E-state index contributed by atoms with van der Waals surface area (Å²) in [5.41, 5.74) is 1.77. The predicted octanol–water partition coefficient (Wildman–Crippen LogP) is 1.94. The molecule has 0 saturated carbocycles. The molecule has 1 aromatic rings. The normalized spacial score (nSPS) is 19.1. The third-order valence-electron chi connectivity index (χ3n) is 2.53. The van der Waals surface area contributed by atoms with Crippen LogP contribution in [0.25, 0.3) is 0 Å². The molecule has 2 rings (SSSR count). The van der Waals surface area contributed by atoms with Gasteiger partial charge in [-0.15, -0.1) is 0 Å². The van der Waals surface area contributed by atoms with E-state index in [0.717, 1.165) is 24.1 Å². The molecule has 0 amide bonds. The number of ether oxygens (including phenoxy) is 1. The largest absolute Gasteiger partial charge is 0.469 e. The zero-order valence-electron chi connectivity index (χ0n) is 7.79. The number of pyridine rings is 1. The van der Waals surface area contributed by atoms with Crippen molar-refractivity contribution in [3.05, 3.63) is 28.5 Å². The van der Waals surface area contributed by atoms with Crippen molar-refractivity contribution in [2.24, 2.45) is 0 Å². The van der Waals surface area contributed by atoms with Gasteiger partial charge in [0, 0.05) is 11.2 Å². The topological polar surface area (TPSA) is 39.2 Å². The first kappa shape index (κ1) is 9.46. The molecule has 1 aliphatic carbocycles. The minimum absolute atomic E-state index is 0.224. The maximum Gasteiger partial charge on any atom is 0.314 e. The molecule has 0 N–H and O–H groups in total. The van der Waals surface area contributed by atoms with Crippen LogP contribution in [0, 0.1) is 0 Å². The Bertz CT molecular complexity index is 378. The molecule has 14 heavy (non-hydrogen) atoms. The van der Waals surface area contributed by atoms with Crippen LogP contribution in [0.2, 0.25) is 5.02 Å². The standard InChI is InChI=1S/C10H10ClNO2/c1-14-10(13)7-3-2-6-8(11)4-5-12-9(6)7/h4-5,7H,2-3H2,1H3.